The Bertz CT molecular complexity index is 625. The average Bonchev–Trinajstić information content (AvgIpc) is 2.58. The van der Waals surface area contributed by atoms with E-state index < -0.39 is 0 Å². The van der Waals surface area contributed by atoms with Crippen LogP contribution in [0.2, 0.25) is 0 Å². The van der Waals surface area contributed by atoms with Crippen molar-refractivity contribution in [3.05, 3.63) is 65.7 Å². The van der Waals surface area contributed by atoms with Gasteiger partial charge in [-0.1, -0.05) is 55.5 Å². The normalized spacial score (nSPS) is 10.8. The van der Waals surface area contributed by atoms with Gasteiger partial charge in [0, 0.05) is 5.69 Å². The molecule has 0 fully saturated rings. The number of nitrogens with one attached hydrogen (secondary N) is 1. The van der Waals surface area contributed by atoms with Crippen LogP contribution in [-0.2, 0) is 11.2 Å². The van der Waals surface area contributed by atoms with Gasteiger partial charge >= 0.3 is 0 Å². The molecule has 0 atom stereocenters. The molecule has 0 spiro atoms. The number of aryl methyl sites for hydroxylation is 2. The Kier molecular flexibility index (Phi) is 7.50. The lowest BCUT2D eigenvalue weighted by Crippen LogP contribution is -2.34. The van der Waals surface area contributed by atoms with Gasteiger partial charge in [0.15, 0.2) is 0 Å². The molecule has 0 saturated carbocycles. The molecule has 0 aromatic heterocycles. The van der Waals surface area contributed by atoms with E-state index in [1.165, 1.54) is 5.56 Å². The van der Waals surface area contributed by atoms with Crippen molar-refractivity contribution in [2.75, 3.05) is 25.0 Å². The lowest BCUT2D eigenvalue weighted by molar-refractivity contribution is -0.117. The van der Waals surface area contributed by atoms with Crippen molar-refractivity contribution >= 4 is 11.6 Å². The van der Waals surface area contributed by atoms with Gasteiger partial charge in [0.1, 0.15) is 0 Å². The summed E-state index contributed by atoms with van der Waals surface area (Å²) in [6, 6.07) is 18.4. The van der Waals surface area contributed by atoms with Gasteiger partial charge in [-0.25, -0.2) is 0 Å². The molecule has 0 aliphatic rings. The fourth-order valence-corrected chi connectivity index (χ4v) is 2.84. The number of carbonyl (C=O) groups is 1. The zero-order valence-corrected chi connectivity index (χ0v) is 14.8. The number of amides is 1. The molecule has 3 nitrogen and oxygen atoms in total. The van der Waals surface area contributed by atoms with E-state index in [9.17, 15) is 4.79 Å². The summed E-state index contributed by atoms with van der Waals surface area (Å²) in [6.07, 6.45) is 3.19. The highest BCUT2D eigenvalue weighted by Gasteiger charge is 2.11. The first-order valence-electron chi connectivity index (χ1n) is 8.81. The summed E-state index contributed by atoms with van der Waals surface area (Å²) in [5, 5.41) is 3.03. The third kappa shape index (κ3) is 6.17. The molecule has 2 aromatic rings. The Labute approximate surface area is 145 Å². The van der Waals surface area contributed by atoms with E-state index >= 15 is 0 Å². The molecule has 1 N–H and O–H groups in total. The van der Waals surface area contributed by atoms with Crippen LogP contribution in [0.25, 0.3) is 0 Å². The second kappa shape index (κ2) is 9.89. The Balaban J connectivity index is 1.81. The van der Waals surface area contributed by atoms with E-state index in [-0.39, 0.29) is 5.91 Å². The predicted octanol–water partition coefficient (Wildman–Crippen LogP) is 4.28. The first-order valence-corrected chi connectivity index (χ1v) is 8.81. The van der Waals surface area contributed by atoms with Crippen LogP contribution in [0, 0.1) is 6.92 Å². The molecule has 2 rings (SSSR count). The van der Waals surface area contributed by atoms with E-state index in [1.54, 1.807) is 0 Å². The first kappa shape index (κ1) is 18.2. The lowest BCUT2D eigenvalue weighted by atomic mass is 10.1. The molecule has 0 aliphatic carbocycles. The van der Waals surface area contributed by atoms with Crippen molar-refractivity contribution in [3.8, 4) is 0 Å². The van der Waals surface area contributed by atoms with Crippen LogP contribution in [0.5, 0.6) is 0 Å². The van der Waals surface area contributed by atoms with E-state index in [4.69, 9.17) is 0 Å². The monoisotopic (exact) mass is 324 g/mol. The highest BCUT2D eigenvalue weighted by Crippen LogP contribution is 2.13. The summed E-state index contributed by atoms with van der Waals surface area (Å²) in [5.74, 6) is 0.0671. The minimum atomic E-state index is 0.0671. The molecule has 0 saturated heterocycles. The topological polar surface area (TPSA) is 32.3 Å². The Morgan fingerprint density at radius 2 is 1.71 bits per heavy atom. The summed E-state index contributed by atoms with van der Waals surface area (Å²) >= 11 is 0. The Morgan fingerprint density at radius 1 is 1.00 bits per heavy atom. The number of rotatable bonds is 9. The van der Waals surface area contributed by atoms with Crippen LogP contribution in [-0.4, -0.2) is 30.4 Å². The van der Waals surface area contributed by atoms with Gasteiger partial charge in [-0.3, -0.25) is 9.69 Å². The maximum atomic E-state index is 12.3. The van der Waals surface area contributed by atoms with Crippen LogP contribution < -0.4 is 5.32 Å². The second-order valence-electron chi connectivity index (χ2n) is 6.23. The van der Waals surface area contributed by atoms with Crippen molar-refractivity contribution in [1.82, 2.24) is 4.90 Å². The van der Waals surface area contributed by atoms with Crippen molar-refractivity contribution in [2.45, 2.75) is 33.1 Å². The third-order valence-electron chi connectivity index (χ3n) is 4.11. The lowest BCUT2D eigenvalue weighted by Gasteiger charge is -2.21. The number of nitrogens with zero attached hydrogens (tertiary/aromatic N) is 1. The highest BCUT2D eigenvalue weighted by molar-refractivity contribution is 5.92. The van der Waals surface area contributed by atoms with E-state index in [2.05, 4.69) is 41.4 Å². The van der Waals surface area contributed by atoms with Crippen molar-refractivity contribution in [1.29, 1.82) is 0 Å². The van der Waals surface area contributed by atoms with Crippen molar-refractivity contribution < 1.29 is 4.79 Å². The fraction of sp³-hybridized carbons (Fsp3) is 0.381. The van der Waals surface area contributed by atoms with Gasteiger partial charge < -0.3 is 5.32 Å². The largest absolute Gasteiger partial charge is 0.325 e. The summed E-state index contributed by atoms with van der Waals surface area (Å²) in [7, 11) is 0. The van der Waals surface area contributed by atoms with Gasteiger partial charge in [0.2, 0.25) is 5.91 Å². The van der Waals surface area contributed by atoms with Crippen LogP contribution in [0.1, 0.15) is 30.9 Å². The Morgan fingerprint density at radius 3 is 2.42 bits per heavy atom. The molecular weight excluding hydrogens is 296 g/mol. The molecule has 0 aliphatic heterocycles. The molecule has 0 unspecified atom stereocenters. The van der Waals surface area contributed by atoms with Crippen molar-refractivity contribution in [2.24, 2.45) is 0 Å². The summed E-state index contributed by atoms with van der Waals surface area (Å²) in [4.78, 5) is 14.6. The molecule has 128 valence electrons. The van der Waals surface area contributed by atoms with Gasteiger partial charge in [0.25, 0.3) is 0 Å². The number of benzene rings is 2. The SMILES string of the molecule is CCCN(CCCc1ccccc1)CC(=O)Nc1ccccc1C. The van der Waals surface area contributed by atoms with Gasteiger partial charge in [-0.05, 0) is 56.5 Å². The zero-order chi connectivity index (χ0) is 17.2. The molecular formula is C21H28N2O. The first-order chi connectivity index (χ1) is 11.7. The fourth-order valence-electron chi connectivity index (χ4n) is 2.84. The zero-order valence-electron chi connectivity index (χ0n) is 14.8. The molecule has 0 radical (unpaired) electrons. The van der Waals surface area contributed by atoms with Gasteiger partial charge in [-0.2, -0.15) is 0 Å². The standard InChI is InChI=1S/C21H28N2O/c1-3-15-23(16-9-13-19-11-5-4-6-12-19)17-21(24)22-20-14-8-7-10-18(20)2/h4-8,10-12,14H,3,9,13,15-17H2,1-2H3,(H,22,24). The molecule has 3 heteroatoms. The number of hydrogen-bond acceptors (Lipinski definition) is 2. The van der Waals surface area contributed by atoms with E-state index in [1.807, 2.05) is 37.3 Å². The van der Waals surface area contributed by atoms with E-state index in [0.29, 0.717) is 6.54 Å². The Hall–Kier alpha value is -2.13. The van der Waals surface area contributed by atoms with Crippen LogP contribution in [0.3, 0.4) is 0 Å². The van der Waals surface area contributed by atoms with E-state index in [0.717, 1.165) is 43.6 Å². The van der Waals surface area contributed by atoms with Gasteiger partial charge in [0.05, 0.1) is 6.54 Å². The quantitative estimate of drug-likeness (QED) is 0.747. The molecule has 24 heavy (non-hydrogen) atoms. The molecule has 1 amide bonds. The van der Waals surface area contributed by atoms with Crippen LogP contribution in [0.15, 0.2) is 54.6 Å². The van der Waals surface area contributed by atoms with Crippen molar-refractivity contribution in [3.63, 3.8) is 0 Å². The number of carbonyl (C=O) groups excluding carboxylic acids is 1. The smallest absolute Gasteiger partial charge is 0.238 e. The maximum absolute atomic E-state index is 12.3. The number of hydrogen-bond donors (Lipinski definition) is 1. The number of anilines is 1. The van der Waals surface area contributed by atoms with Gasteiger partial charge in [-0.15, -0.1) is 0 Å². The summed E-state index contributed by atoms with van der Waals surface area (Å²) in [5.41, 5.74) is 3.36. The summed E-state index contributed by atoms with van der Waals surface area (Å²) < 4.78 is 0. The highest BCUT2D eigenvalue weighted by atomic mass is 16.2. The average molecular weight is 324 g/mol. The van der Waals surface area contributed by atoms with Crippen LogP contribution >= 0.6 is 0 Å². The third-order valence-corrected chi connectivity index (χ3v) is 4.11. The summed E-state index contributed by atoms with van der Waals surface area (Å²) in [6.45, 7) is 6.53. The van der Waals surface area contributed by atoms with Crippen LogP contribution in [0.4, 0.5) is 5.69 Å². The minimum absolute atomic E-state index is 0.0671. The predicted molar refractivity (Wildman–Crippen MR) is 101 cm³/mol. The molecule has 0 bridgehead atoms. The molecule has 2 aromatic carbocycles. The maximum Gasteiger partial charge on any atom is 0.238 e. The second-order valence-corrected chi connectivity index (χ2v) is 6.23. The minimum Gasteiger partial charge on any atom is -0.325 e. The molecule has 0 heterocycles. The number of para-hydroxylation sites is 1.